The van der Waals surface area contributed by atoms with E-state index < -0.39 is 0 Å². The van der Waals surface area contributed by atoms with Crippen LogP contribution in [0.5, 0.6) is 0 Å². The number of aryl methyl sites for hydroxylation is 1. The first-order valence-corrected chi connectivity index (χ1v) is 8.39. The van der Waals surface area contributed by atoms with Gasteiger partial charge >= 0.3 is 0 Å². The molecule has 0 unspecified atom stereocenters. The number of thiazole rings is 1. The van der Waals surface area contributed by atoms with Gasteiger partial charge in [0.2, 0.25) is 5.91 Å². The normalized spacial score (nSPS) is 15.5. The number of aromatic nitrogens is 1. The molecule has 1 aromatic heterocycles. The summed E-state index contributed by atoms with van der Waals surface area (Å²) in [5.74, 6) is 0.245. The van der Waals surface area contributed by atoms with Crippen molar-refractivity contribution in [3.05, 3.63) is 35.3 Å². The summed E-state index contributed by atoms with van der Waals surface area (Å²) in [5, 5.41) is 12.4. The molecule has 3 rings (SSSR count). The maximum absolute atomic E-state index is 12.2. The summed E-state index contributed by atoms with van der Waals surface area (Å²) in [6.07, 6.45) is 1.82. The van der Waals surface area contributed by atoms with Gasteiger partial charge in [-0.2, -0.15) is 0 Å². The minimum atomic E-state index is 0.123. The number of benzene rings is 1. The average molecular weight is 316 g/mol. The summed E-state index contributed by atoms with van der Waals surface area (Å²) in [6.45, 7) is 3.82. The van der Waals surface area contributed by atoms with Crippen LogP contribution in [0.3, 0.4) is 0 Å². The van der Waals surface area contributed by atoms with E-state index in [0.717, 1.165) is 48.1 Å². The molecule has 0 bridgehead atoms. The highest BCUT2D eigenvalue weighted by Crippen LogP contribution is 2.22. The zero-order chi connectivity index (χ0) is 15.4. The zero-order valence-corrected chi connectivity index (χ0v) is 13.4. The van der Waals surface area contributed by atoms with Crippen LogP contribution in [0.1, 0.15) is 18.5 Å². The predicted molar refractivity (Wildman–Crippen MR) is 90.8 cm³/mol. The molecule has 3 N–H and O–H groups in total. The molecule has 0 aliphatic carbocycles. The van der Waals surface area contributed by atoms with Gasteiger partial charge in [-0.05, 0) is 57.1 Å². The van der Waals surface area contributed by atoms with E-state index in [2.05, 4.69) is 20.9 Å². The summed E-state index contributed by atoms with van der Waals surface area (Å²) in [6, 6.07) is 7.74. The Labute approximate surface area is 134 Å². The topological polar surface area (TPSA) is 66.0 Å². The second-order valence-electron chi connectivity index (χ2n) is 5.51. The van der Waals surface area contributed by atoms with Crippen LogP contribution in [0.15, 0.2) is 29.6 Å². The number of anilines is 3. The summed E-state index contributed by atoms with van der Waals surface area (Å²) in [7, 11) is 0. The van der Waals surface area contributed by atoms with Crippen molar-refractivity contribution in [2.75, 3.05) is 23.7 Å². The highest BCUT2D eigenvalue weighted by atomic mass is 32.1. The molecular weight excluding hydrogens is 296 g/mol. The van der Waals surface area contributed by atoms with Crippen molar-refractivity contribution in [3.8, 4) is 0 Å². The Balaban J connectivity index is 1.57. The van der Waals surface area contributed by atoms with E-state index in [1.54, 1.807) is 11.3 Å². The van der Waals surface area contributed by atoms with Gasteiger partial charge in [-0.25, -0.2) is 4.98 Å². The van der Waals surface area contributed by atoms with E-state index >= 15 is 0 Å². The molecule has 0 radical (unpaired) electrons. The Hall–Kier alpha value is -1.92. The van der Waals surface area contributed by atoms with Gasteiger partial charge in [-0.1, -0.05) is 0 Å². The number of hydrogen-bond donors (Lipinski definition) is 3. The van der Waals surface area contributed by atoms with E-state index in [1.807, 2.05) is 36.6 Å². The molecular formula is C16H20N4OS. The highest BCUT2D eigenvalue weighted by molar-refractivity contribution is 7.13. The molecule has 1 saturated heterocycles. The lowest BCUT2D eigenvalue weighted by atomic mass is 9.97. The highest BCUT2D eigenvalue weighted by Gasteiger charge is 2.20. The number of carbonyl (C=O) groups excluding carboxylic acids is 1. The summed E-state index contributed by atoms with van der Waals surface area (Å²) < 4.78 is 0. The fraction of sp³-hybridized carbons (Fsp3) is 0.375. The molecule has 1 fully saturated rings. The minimum absolute atomic E-state index is 0.123. The third-order valence-corrected chi connectivity index (χ3v) is 4.61. The van der Waals surface area contributed by atoms with Crippen LogP contribution in [0.4, 0.5) is 16.5 Å². The van der Waals surface area contributed by atoms with Crippen LogP contribution in [0.25, 0.3) is 0 Å². The molecule has 0 atom stereocenters. The smallest absolute Gasteiger partial charge is 0.227 e. The second-order valence-corrected chi connectivity index (χ2v) is 6.37. The molecule has 0 saturated carbocycles. The number of nitrogens with one attached hydrogen (secondary N) is 3. The van der Waals surface area contributed by atoms with Crippen molar-refractivity contribution in [1.82, 2.24) is 10.3 Å². The number of rotatable bonds is 4. The van der Waals surface area contributed by atoms with Crippen molar-refractivity contribution in [2.24, 2.45) is 5.92 Å². The number of carbonyl (C=O) groups is 1. The fourth-order valence-electron chi connectivity index (χ4n) is 2.50. The Bertz CT molecular complexity index is 632. The third-order valence-electron chi connectivity index (χ3n) is 3.73. The predicted octanol–water partition coefficient (Wildman–Crippen LogP) is 3.13. The first kappa shape index (κ1) is 15.0. The van der Waals surface area contributed by atoms with Gasteiger partial charge in [0.15, 0.2) is 5.13 Å². The van der Waals surface area contributed by atoms with Gasteiger partial charge in [0.25, 0.3) is 0 Å². The van der Waals surface area contributed by atoms with Crippen LogP contribution in [-0.2, 0) is 4.79 Å². The van der Waals surface area contributed by atoms with Crippen molar-refractivity contribution < 1.29 is 4.79 Å². The van der Waals surface area contributed by atoms with E-state index in [-0.39, 0.29) is 11.8 Å². The monoisotopic (exact) mass is 316 g/mol. The molecule has 1 amide bonds. The lowest BCUT2D eigenvalue weighted by molar-refractivity contribution is -0.120. The summed E-state index contributed by atoms with van der Waals surface area (Å²) >= 11 is 1.58. The summed E-state index contributed by atoms with van der Waals surface area (Å²) in [4.78, 5) is 16.6. The fourth-order valence-corrected chi connectivity index (χ4v) is 3.21. The van der Waals surface area contributed by atoms with Crippen molar-refractivity contribution >= 4 is 33.8 Å². The maximum Gasteiger partial charge on any atom is 0.227 e. The summed E-state index contributed by atoms with van der Waals surface area (Å²) in [5.41, 5.74) is 2.82. The van der Waals surface area contributed by atoms with Crippen molar-refractivity contribution in [2.45, 2.75) is 19.8 Å². The number of nitrogens with zero attached hydrogens (tertiary/aromatic N) is 1. The molecule has 1 aliphatic rings. The third kappa shape index (κ3) is 3.84. The lowest BCUT2D eigenvalue weighted by Gasteiger charge is -2.21. The SMILES string of the molecule is Cc1csc(Nc2ccc(NC(=O)C3CCNCC3)cc2)n1. The Morgan fingerprint density at radius 1 is 1.23 bits per heavy atom. The van der Waals surface area contributed by atoms with Gasteiger partial charge < -0.3 is 16.0 Å². The Kier molecular flexibility index (Phi) is 4.70. The van der Waals surface area contributed by atoms with Gasteiger partial charge in [0.1, 0.15) is 0 Å². The largest absolute Gasteiger partial charge is 0.332 e. The van der Waals surface area contributed by atoms with Gasteiger partial charge in [0.05, 0.1) is 5.69 Å². The van der Waals surface area contributed by atoms with Crippen molar-refractivity contribution in [3.63, 3.8) is 0 Å². The van der Waals surface area contributed by atoms with Crippen LogP contribution in [0, 0.1) is 12.8 Å². The van der Waals surface area contributed by atoms with Crippen LogP contribution >= 0.6 is 11.3 Å². The number of amides is 1. The Morgan fingerprint density at radius 2 is 1.91 bits per heavy atom. The van der Waals surface area contributed by atoms with Crippen LogP contribution < -0.4 is 16.0 Å². The molecule has 0 spiro atoms. The van der Waals surface area contributed by atoms with E-state index in [1.165, 1.54) is 0 Å². The van der Waals surface area contributed by atoms with E-state index in [0.29, 0.717) is 0 Å². The maximum atomic E-state index is 12.2. The minimum Gasteiger partial charge on any atom is -0.332 e. The van der Waals surface area contributed by atoms with Crippen LogP contribution in [0.2, 0.25) is 0 Å². The quantitative estimate of drug-likeness (QED) is 0.811. The standard InChI is InChI=1S/C16H20N4OS/c1-11-10-22-16(18-11)20-14-4-2-13(3-5-14)19-15(21)12-6-8-17-9-7-12/h2-5,10,12,17H,6-9H2,1H3,(H,18,20)(H,19,21). The first-order valence-electron chi connectivity index (χ1n) is 7.51. The molecule has 5 nitrogen and oxygen atoms in total. The molecule has 116 valence electrons. The van der Waals surface area contributed by atoms with Gasteiger partial charge in [0, 0.05) is 22.7 Å². The second kappa shape index (κ2) is 6.89. The van der Waals surface area contributed by atoms with E-state index in [9.17, 15) is 4.79 Å². The number of piperidine rings is 1. The molecule has 6 heteroatoms. The molecule has 2 heterocycles. The first-order chi connectivity index (χ1) is 10.7. The number of hydrogen-bond acceptors (Lipinski definition) is 5. The lowest BCUT2D eigenvalue weighted by Crippen LogP contribution is -2.34. The molecule has 1 aliphatic heterocycles. The average Bonchev–Trinajstić information content (AvgIpc) is 2.95. The Morgan fingerprint density at radius 3 is 2.55 bits per heavy atom. The van der Waals surface area contributed by atoms with Crippen LogP contribution in [-0.4, -0.2) is 24.0 Å². The van der Waals surface area contributed by atoms with Crippen molar-refractivity contribution in [1.29, 1.82) is 0 Å². The van der Waals surface area contributed by atoms with E-state index in [4.69, 9.17) is 0 Å². The molecule has 1 aromatic carbocycles. The van der Waals surface area contributed by atoms with Gasteiger partial charge in [-0.3, -0.25) is 4.79 Å². The molecule has 22 heavy (non-hydrogen) atoms. The van der Waals surface area contributed by atoms with Gasteiger partial charge in [-0.15, -0.1) is 11.3 Å². The molecule has 2 aromatic rings. The zero-order valence-electron chi connectivity index (χ0n) is 12.6.